The van der Waals surface area contributed by atoms with Crippen molar-refractivity contribution in [1.29, 1.82) is 0 Å². The molecule has 0 unspecified atom stereocenters. The third kappa shape index (κ3) is 6.05. The molecule has 9 nitrogen and oxygen atoms in total. The Hall–Kier alpha value is -3.92. The molecule has 1 amide bonds. The number of aryl methyl sites for hydroxylation is 2. The standard InChI is InChI=1S/C22H21N3O6S/c1-15-11-16(2)13-18(12-15)24-32(29,30)21-9-3-17(4-10-21)23-22(26)14-31-20-7-5-19(6-8-20)25(27)28/h3-13,24H,14H2,1-2H3,(H,23,26). The maximum Gasteiger partial charge on any atom is 0.269 e. The van der Waals surface area contributed by atoms with Gasteiger partial charge in [0.05, 0.1) is 9.82 Å². The van der Waals surface area contributed by atoms with Gasteiger partial charge in [-0.2, -0.15) is 0 Å². The van der Waals surface area contributed by atoms with Crippen molar-refractivity contribution in [2.45, 2.75) is 18.7 Å². The molecule has 3 aromatic carbocycles. The number of amides is 1. The summed E-state index contributed by atoms with van der Waals surface area (Å²) in [6, 6.07) is 16.5. The Morgan fingerprint density at radius 2 is 1.53 bits per heavy atom. The molecule has 0 bridgehead atoms. The fraction of sp³-hybridized carbons (Fsp3) is 0.136. The number of carbonyl (C=O) groups excluding carboxylic acids is 1. The molecule has 0 fully saturated rings. The zero-order valence-electron chi connectivity index (χ0n) is 17.4. The number of rotatable bonds is 8. The van der Waals surface area contributed by atoms with Crippen LogP contribution in [0.4, 0.5) is 17.1 Å². The van der Waals surface area contributed by atoms with Gasteiger partial charge in [-0.3, -0.25) is 19.6 Å². The Morgan fingerprint density at radius 3 is 2.09 bits per heavy atom. The second kappa shape index (κ2) is 9.48. The largest absolute Gasteiger partial charge is 0.484 e. The van der Waals surface area contributed by atoms with E-state index in [1.165, 1.54) is 48.5 Å². The van der Waals surface area contributed by atoms with E-state index in [0.29, 0.717) is 17.1 Å². The first kappa shape index (κ1) is 22.8. The zero-order chi connectivity index (χ0) is 23.3. The highest BCUT2D eigenvalue weighted by atomic mass is 32.2. The van der Waals surface area contributed by atoms with Gasteiger partial charge in [0.25, 0.3) is 21.6 Å². The summed E-state index contributed by atoms with van der Waals surface area (Å²) in [6.07, 6.45) is 0. The average molecular weight is 455 g/mol. The monoisotopic (exact) mass is 455 g/mol. The molecule has 0 radical (unpaired) electrons. The van der Waals surface area contributed by atoms with Gasteiger partial charge in [-0.15, -0.1) is 0 Å². The van der Waals surface area contributed by atoms with Crippen molar-refractivity contribution in [3.8, 4) is 5.75 Å². The van der Waals surface area contributed by atoms with Gasteiger partial charge in [-0.25, -0.2) is 8.42 Å². The maximum atomic E-state index is 12.6. The van der Waals surface area contributed by atoms with Crippen molar-refractivity contribution < 1.29 is 22.9 Å². The molecule has 0 atom stereocenters. The summed E-state index contributed by atoms with van der Waals surface area (Å²) in [6.45, 7) is 3.45. The highest BCUT2D eigenvalue weighted by Gasteiger charge is 2.15. The summed E-state index contributed by atoms with van der Waals surface area (Å²) in [5.74, 6) is -0.156. The molecule has 32 heavy (non-hydrogen) atoms. The van der Waals surface area contributed by atoms with E-state index in [1.807, 2.05) is 19.9 Å². The third-order valence-corrected chi connectivity index (χ3v) is 5.74. The molecule has 0 aliphatic heterocycles. The summed E-state index contributed by atoms with van der Waals surface area (Å²) in [7, 11) is -3.78. The lowest BCUT2D eigenvalue weighted by atomic mass is 10.1. The number of nitro groups is 1. The van der Waals surface area contributed by atoms with Crippen molar-refractivity contribution in [3.05, 3.63) is 88.0 Å². The molecule has 166 valence electrons. The number of carbonyl (C=O) groups is 1. The Labute approximate surface area is 185 Å². The summed E-state index contributed by atoms with van der Waals surface area (Å²) < 4.78 is 33.1. The number of ether oxygens (including phenoxy) is 1. The number of nitrogens with zero attached hydrogens (tertiary/aromatic N) is 1. The number of hydrogen-bond acceptors (Lipinski definition) is 6. The molecule has 0 aliphatic rings. The SMILES string of the molecule is Cc1cc(C)cc(NS(=O)(=O)c2ccc(NC(=O)COc3ccc([N+](=O)[O-])cc3)cc2)c1. The quantitative estimate of drug-likeness (QED) is 0.390. The fourth-order valence-corrected chi connectivity index (χ4v) is 4.02. The van der Waals surface area contributed by atoms with E-state index in [2.05, 4.69) is 10.0 Å². The molecule has 2 N–H and O–H groups in total. The molecular formula is C22H21N3O6S. The maximum absolute atomic E-state index is 12.6. The van der Waals surface area contributed by atoms with Gasteiger partial charge in [-0.05, 0) is 73.5 Å². The minimum Gasteiger partial charge on any atom is -0.484 e. The Morgan fingerprint density at radius 1 is 0.938 bits per heavy atom. The van der Waals surface area contributed by atoms with E-state index < -0.39 is 20.9 Å². The molecule has 10 heteroatoms. The van der Waals surface area contributed by atoms with E-state index in [9.17, 15) is 23.3 Å². The molecule has 0 heterocycles. The van der Waals surface area contributed by atoms with Gasteiger partial charge in [0.15, 0.2) is 6.61 Å². The van der Waals surface area contributed by atoms with Crippen LogP contribution in [0.15, 0.2) is 71.6 Å². The number of sulfonamides is 1. The molecule has 0 aliphatic carbocycles. The lowest BCUT2D eigenvalue weighted by Gasteiger charge is -2.11. The van der Waals surface area contributed by atoms with Gasteiger partial charge >= 0.3 is 0 Å². The predicted molar refractivity (Wildman–Crippen MR) is 120 cm³/mol. The van der Waals surface area contributed by atoms with E-state index in [0.717, 1.165) is 11.1 Å². The Bertz CT molecular complexity index is 1220. The number of nitrogens with one attached hydrogen (secondary N) is 2. The normalized spacial score (nSPS) is 10.9. The second-order valence-electron chi connectivity index (χ2n) is 7.09. The number of non-ortho nitro benzene ring substituents is 1. The lowest BCUT2D eigenvalue weighted by Crippen LogP contribution is -2.20. The number of benzene rings is 3. The Kier molecular flexibility index (Phi) is 6.74. The van der Waals surface area contributed by atoms with Crippen LogP contribution >= 0.6 is 0 Å². The van der Waals surface area contributed by atoms with Crippen molar-refractivity contribution in [2.75, 3.05) is 16.6 Å². The van der Waals surface area contributed by atoms with Crippen molar-refractivity contribution in [3.63, 3.8) is 0 Å². The van der Waals surface area contributed by atoms with Crippen LogP contribution in [0.1, 0.15) is 11.1 Å². The Balaban J connectivity index is 1.58. The van der Waals surface area contributed by atoms with E-state index in [4.69, 9.17) is 4.74 Å². The summed E-state index contributed by atoms with van der Waals surface area (Å²) in [4.78, 5) is 22.2. The smallest absolute Gasteiger partial charge is 0.269 e. The van der Waals surface area contributed by atoms with Gasteiger partial charge in [0.1, 0.15) is 5.75 Å². The molecule has 0 spiro atoms. The molecule has 3 aromatic rings. The van der Waals surface area contributed by atoms with E-state index >= 15 is 0 Å². The average Bonchev–Trinajstić information content (AvgIpc) is 2.72. The molecule has 0 saturated carbocycles. The highest BCUT2D eigenvalue weighted by molar-refractivity contribution is 7.92. The molecule has 0 saturated heterocycles. The minimum atomic E-state index is -3.78. The first-order chi connectivity index (χ1) is 15.1. The van der Waals surface area contributed by atoms with Gasteiger partial charge in [-0.1, -0.05) is 6.07 Å². The van der Waals surface area contributed by atoms with Crippen molar-refractivity contribution in [2.24, 2.45) is 0 Å². The second-order valence-corrected chi connectivity index (χ2v) is 8.78. The summed E-state index contributed by atoms with van der Waals surface area (Å²) in [5, 5.41) is 13.2. The number of anilines is 2. The fourth-order valence-electron chi connectivity index (χ4n) is 2.98. The van der Waals surface area contributed by atoms with Crippen LogP contribution in [0.25, 0.3) is 0 Å². The van der Waals surface area contributed by atoms with Crippen LogP contribution in [0, 0.1) is 24.0 Å². The van der Waals surface area contributed by atoms with E-state index in [-0.39, 0.29) is 17.2 Å². The van der Waals surface area contributed by atoms with Gasteiger partial charge in [0.2, 0.25) is 0 Å². The van der Waals surface area contributed by atoms with Crippen molar-refractivity contribution >= 4 is 33.0 Å². The van der Waals surface area contributed by atoms with Crippen LogP contribution in [0.2, 0.25) is 0 Å². The highest BCUT2D eigenvalue weighted by Crippen LogP contribution is 2.21. The number of hydrogen-bond donors (Lipinski definition) is 2. The van der Waals surface area contributed by atoms with Crippen LogP contribution in [0.5, 0.6) is 5.75 Å². The molecular weight excluding hydrogens is 434 g/mol. The van der Waals surface area contributed by atoms with Crippen molar-refractivity contribution in [1.82, 2.24) is 0 Å². The first-order valence-electron chi connectivity index (χ1n) is 9.51. The van der Waals surface area contributed by atoms with E-state index in [1.54, 1.807) is 12.1 Å². The van der Waals surface area contributed by atoms with Crippen LogP contribution < -0.4 is 14.8 Å². The lowest BCUT2D eigenvalue weighted by molar-refractivity contribution is -0.384. The van der Waals surface area contributed by atoms with Crippen LogP contribution in [-0.2, 0) is 14.8 Å². The first-order valence-corrected chi connectivity index (χ1v) is 11.0. The molecule has 0 aromatic heterocycles. The van der Waals surface area contributed by atoms with Crippen LogP contribution in [-0.4, -0.2) is 25.9 Å². The predicted octanol–water partition coefficient (Wildman–Crippen LogP) is 4.03. The third-order valence-electron chi connectivity index (χ3n) is 4.34. The van der Waals surface area contributed by atoms with Gasteiger partial charge in [0, 0.05) is 23.5 Å². The summed E-state index contributed by atoms with van der Waals surface area (Å²) in [5.41, 5.74) is 2.67. The molecule has 3 rings (SSSR count). The summed E-state index contributed by atoms with van der Waals surface area (Å²) >= 11 is 0. The minimum absolute atomic E-state index is 0.0526. The topological polar surface area (TPSA) is 128 Å². The van der Waals surface area contributed by atoms with Gasteiger partial charge < -0.3 is 10.1 Å². The number of nitro benzene ring substituents is 1. The zero-order valence-corrected chi connectivity index (χ0v) is 18.2. The van der Waals surface area contributed by atoms with Crippen LogP contribution in [0.3, 0.4) is 0 Å².